The summed E-state index contributed by atoms with van der Waals surface area (Å²) >= 11 is 0. The largest absolute Gasteiger partial charge is 0.396 e. The summed E-state index contributed by atoms with van der Waals surface area (Å²) in [7, 11) is 1.97. The molecule has 0 spiro atoms. The van der Waals surface area contributed by atoms with Crippen LogP contribution in [0.2, 0.25) is 0 Å². The maximum atomic E-state index is 11.9. The fourth-order valence-corrected chi connectivity index (χ4v) is 1.86. The minimum absolute atomic E-state index is 0.0816. The van der Waals surface area contributed by atoms with Crippen molar-refractivity contribution in [1.29, 1.82) is 0 Å². The van der Waals surface area contributed by atoms with Crippen molar-refractivity contribution in [2.24, 2.45) is 0 Å². The van der Waals surface area contributed by atoms with Crippen molar-refractivity contribution in [3.05, 3.63) is 23.8 Å². The number of carbonyl (C=O) groups is 1. The number of rotatable bonds is 7. The molecule has 0 aromatic heterocycles. The molecule has 5 heteroatoms. The lowest BCUT2D eigenvalue weighted by Gasteiger charge is -2.22. The Kier molecular flexibility index (Phi) is 6.15. The van der Waals surface area contributed by atoms with E-state index in [0.717, 1.165) is 25.1 Å². The zero-order valence-corrected chi connectivity index (χ0v) is 11.6. The van der Waals surface area contributed by atoms with Gasteiger partial charge < -0.3 is 21.1 Å². The summed E-state index contributed by atoms with van der Waals surface area (Å²) in [6.45, 7) is 3.19. The monoisotopic (exact) mass is 265 g/mol. The number of hydrogen-bond donors (Lipinski definition) is 3. The van der Waals surface area contributed by atoms with E-state index < -0.39 is 0 Å². The summed E-state index contributed by atoms with van der Waals surface area (Å²) in [6, 6.07) is 5.43. The Bertz CT molecular complexity index is 421. The van der Waals surface area contributed by atoms with Crippen LogP contribution in [0.1, 0.15) is 30.1 Å². The maximum Gasteiger partial charge on any atom is 0.253 e. The Labute approximate surface area is 114 Å². The van der Waals surface area contributed by atoms with Crippen molar-refractivity contribution in [1.82, 2.24) is 5.32 Å². The number of unbranched alkanes of at least 4 members (excludes halogenated alkanes) is 1. The molecule has 1 aromatic rings. The topological polar surface area (TPSA) is 78.6 Å². The van der Waals surface area contributed by atoms with Gasteiger partial charge in [-0.25, -0.2) is 0 Å². The van der Waals surface area contributed by atoms with E-state index >= 15 is 0 Å². The SMILES string of the molecule is CCCCN(C)c1cccc(C(=O)NCCO)c1N. The number of carbonyl (C=O) groups excluding carboxylic acids is 1. The molecule has 19 heavy (non-hydrogen) atoms. The van der Waals surface area contributed by atoms with E-state index in [1.807, 2.05) is 19.2 Å². The molecule has 0 saturated heterocycles. The summed E-state index contributed by atoms with van der Waals surface area (Å²) < 4.78 is 0. The summed E-state index contributed by atoms with van der Waals surface area (Å²) in [5, 5.41) is 11.3. The van der Waals surface area contributed by atoms with E-state index in [2.05, 4.69) is 17.1 Å². The highest BCUT2D eigenvalue weighted by atomic mass is 16.3. The number of nitrogen functional groups attached to an aromatic ring is 1. The van der Waals surface area contributed by atoms with Gasteiger partial charge in [0.15, 0.2) is 0 Å². The lowest BCUT2D eigenvalue weighted by molar-refractivity contribution is 0.0945. The molecule has 0 fully saturated rings. The number of benzene rings is 1. The molecular formula is C14H23N3O2. The van der Waals surface area contributed by atoms with E-state index in [1.165, 1.54) is 0 Å². The molecule has 0 aliphatic heterocycles. The van der Waals surface area contributed by atoms with Gasteiger partial charge in [0.05, 0.1) is 23.5 Å². The van der Waals surface area contributed by atoms with Crippen LogP contribution >= 0.6 is 0 Å². The highest BCUT2D eigenvalue weighted by molar-refractivity contribution is 6.01. The molecule has 1 amide bonds. The number of aliphatic hydroxyl groups excluding tert-OH is 1. The number of para-hydroxylation sites is 1. The second-order valence-electron chi connectivity index (χ2n) is 4.49. The summed E-state index contributed by atoms with van der Waals surface area (Å²) in [6.07, 6.45) is 2.19. The molecular weight excluding hydrogens is 242 g/mol. The smallest absolute Gasteiger partial charge is 0.253 e. The van der Waals surface area contributed by atoms with Crippen molar-refractivity contribution in [2.45, 2.75) is 19.8 Å². The quantitative estimate of drug-likeness (QED) is 0.648. The average molecular weight is 265 g/mol. The van der Waals surface area contributed by atoms with E-state index in [4.69, 9.17) is 10.8 Å². The van der Waals surface area contributed by atoms with E-state index in [9.17, 15) is 4.79 Å². The van der Waals surface area contributed by atoms with Crippen molar-refractivity contribution in [2.75, 3.05) is 37.4 Å². The number of nitrogens with two attached hydrogens (primary N) is 1. The third kappa shape index (κ3) is 4.13. The normalized spacial score (nSPS) is 10.3. The van der Waals surface area contributed by atoms with Gasteiger partial charge in [0.25, 0.3) is 5.91 Å². The van der Waals surface area contributed by atoms with Crippen LogP contribution in [0.5, 0.6) is 0 Å². The molecule has 0 aliphatic rings. The highest BCUT2D eigenvalue weighted by Gasteiger charge is 2.13. The number of aliphatic hydroxyl groups is 1. The molecule has 0 heterocycles. The number of nitrogens with one attached hydrogen (secondary N) is 1. The fraction of sp³-hybridized carbons (Fsp3) is 0.500. The van der Waals surface area contributed by atoms with Gasteiger partial charge in [0.1, 0.15) is 0 Å². The Morgan fingerprint density at radius 1 is 1.47 bits per heavy atom. The van der Waals surface area contributed by atoms with E-state index in [1.54, 1.807) is 6.07 Å². The standard InChI is InChI=1S/C14H23N3O2/c1-3-4-9-17(2)12-7-5-6-11(13(12)15)14(19)16-8-10-18/h5-7,18H,3-4,8-10,15H2,1-2H3,(H,16,19). The van der Waals surface area contributed by atoms with Gasteiger partial charge in [-0.3, -0.25) is 4.79 Å². The lowest BCUT2D eigenvalue weighted by Crippen LogP contribution is -2.28. The van der Waals surface area contributed by atoms with Gasteiger partial charge in [0.2, 0.25) is 0 Å². The van der Waals surface area contributed by atoms with Crippen LogP contribution in [0.4, 0.5) is 11.4 Å². The fourth-order valence-electron chi connectivity index (χ4n) is 1.86. The molecule has 1 aromatic carbocycles. The molecule has 1 rings (SSSR count). The average Bonchev–Trinajstić information content (AvgIpc) is 2.42. The minimum atomic E-state index is -0.253. The molecule has 0 radical (unpaired) electrons. The maximum absolute atomic E-state index is 11.9. The first-order valence-electron chi connectivity index (χ1n) is 6.60. The van der Waals surface area contributed by atoms with Gasteiger partial charge in [-0.1, -0.05) is 19.4 Å². The summed E-state index contributed by atoms with van der Waals surface area (Å²) in [5.74, 6) is -0.253. The molecule has 0 saturated carbocycles. The first-order chi connectivity index (χ1) is 9.11. The van der Waals surface area contributed by atoms with Crippen LogP contribution in [0.25, 0.3) is 0 Å². The van der Waals surface area contributed by atoms with Crippen LogP contribution in [-0.4, -0.2) is 37.8 Å². The predicted molar refractivity (Wildman–Crippen MR) is 78.5 cm³/mol. The Hall–Kier alpha value is -1.75. The Balaban J connectivity index is 2.88. The zero-order chi connectivity index (χ0) is 14.3. The predicted octanol–water partition coefficient (Wildman–Crippen LogP) is 1.23. The van der Waals surface area contributed by atoms with Crippen LogP contribution in [0.3, 0.4) is 0 Å². The summed E-state index contributed by atoms with van der Waals surface area (Å²) in [5.41, 5.74) is 7.87. The second-order valence-corrected chi connectivity index (χ2v) is 4.49. The number of hydrogen-bond acceptors (Lipinski definition) is 4. The molecule has 0 aliphatic carbocycles. The van der Waals surface area contributed by atoms with Crippen LogP contribution in [0.15, 0.2) is 18.2 Å². The van der Waals surface area contributed by atoms with Gasteiger partial charge >= 0.3 is 0 Å². The molecule has 0 unspecified atom stereocenters. The third-order valence-electron chi connectivity index (χ3n) is 2.98. The molecule has 5 nitrogen and oxygen atoms in total. The Morgan fingerprint density at radius 2 is 2.21 bits per heavy atom. The van der Waals surface area contributed by atoms with Crippen LogP contribution in [0, 0.1) is 0 Å². The number of nitrogens with zero attached hydrogens (tertiary/aromatic N) is 1. The minimum Gasteiger partial charge on any atom is -0.396 e. The first-order valence-corrected chi connectivity index (χ1v) is 6.60. The van der Waals surface area contributed by atoms with Crippen LogP contribution in [-0.2, 0) is 0 Å². The molecule has 106 valence electrons. The zero-order valence-electron chi connectivity index (χ0n) is 11.6. The third-order valence-corrected chi connectivity index (χ3v) is 2.98. The molecule has 0 atom stereocenters. The first kappa shape index (κ1) is 15.3. The van der Waals surface area contributed by atoms with Crippen molar-refractivity contribution >= 4 is 17.3 Å². The van der Waals surface area contributed by atoms with Crippen molar-refractivity contribution in [3.63, 3.8) is 0 Å². The summed E-state index contributed by atoms with van der Waals surface area (Å²) in [4.78, 5) is 13.9. The van der Waals surface area contributed by atoms with Gasteiger partial charge in [-0.05, 0) is 18.6 Å². The second kappa shape index (κ2) is 7.63. The molecule has 0 bridgehead atoms. The van der Waals surface area contributed by atoms with Crippen LogP contribution < -0.4 is 16.0 Å². The van der Waals surface area contributed by atoms with E-state index in [0.29, 0.717) is 11.3 Å². The number of anilines is 2. The van der Waals surface area contributed by atoms with Gasteiger partial charge in [-0.2, -0.15) is 0 Å². The van der Waals surface area contributed by atoms with Gasteiger partial charge in [0, 0.05) is 20.1 Å². The lowest BCUT2D eigenvalue weighted by atomic mass is 10.1. The molecule has 4 N–H and O–H groups in total. The Morgan fingerprint density at radius 3 is 2.84 bits per heavy atom. The highest BCUT2D eigenvalue weighted by Crippen LogP contribution is 2.26. The van der Waals surface area contributed by atoms with Gasteiger partial charge in [-0.15, -0.1) is 0 Å². The number of amides is 1. The van der Waals surface area contributed by atoms with Crippen molar-refractivity contribution in [3.8, 4) is 0 Å². The van der Waals surface area contributed by atoms with E-state index in [-0.39, 0.29) is 19.1 Å². The van der Waals surface area contributed by atoms with Crippen molar-refractivity contribution < 1.29 is 9.90 Å².